The minimum Gasteiger partial charge on any atom is -0.342 e. The number of rotatable bonds is 5. The predicted molar refractivity (Wildman–Crippen MR) is 53.4 cm³/mol. The van der Waals surface area contributed by atoms with E-state index in [0.29, 0.717) is 12.3 Å². The lowest BCUT2D eigenvalue weighted by atomic mass is 10.1. The smallest absolute Gasteiger partial charge is 0.223 e. The maximum absolute atomic E-state index is 11.4. The largest absolute Gasteiger partial charge is 0.342 e. The lowest BCUT2D eigenvalue weighted by molar-refractivity contribution is -0.127. The van der Waals surface area contributed by atoms with Crippen molar-refractivity contribution in [1.29, 1.82) is 0 Å². The molecule has 0 aliphatic carbocycles. The van der Waals surface area contributed by atoms with Crippen molar-refractivity contribution in [2.75, 3.05) is 26.7 Å². The van der Waals surface area contributed by atoms with E-state index in [1.807, 2.05) is 18.0 Å². The highest BCUT2D eigenvalue weighted by atomic mass is 16.2. The molecule has 1 fully saturated rings. The summed E-state index contributed by atoms with van der Waals surface area (Å²) in [4.78, 5) is 13.3. The number of likely N-dealkylation sites (tertiary alicyclic amines) is 1. The lowest BCUT2D eigenvalue weighted by Gasteiger charge is -2.15. The third kappa shape index (κ3) is 2.84. The fraction of sp³-hybridized carbons (Fsp3) is 0.700. The van der Waals surface area contributed by atoms with Crippen LogP contribution in [0.3, 0.4) is 0 Å². The van der Waals surface area contributed by atoms with Crippen molar-refractivity contribution in [3.05, 3.63) is 12.7 Å². The summed E-state index contributed by atoms with van der Waals surface area (Å²) in [7, 11) is 1.93. The molecule has 1 amide bonds. The maximum atomic E-state index is 11.4. The molecule has 1 N–H and O–H groups in total. The van der Waals surface area contributed by atoms with Crippen LogP contribution in [0.25, 0.3) is 0 Å². The number of nitrogens with zero attached hydrogens (tertiary/aromatic N) is 1. The van der Waals surface area contributed by atoms with Crippen molar-refractivity contribution < 1.29 is 4.79 Å². The highest BCUT2D eigenvalue weighted by Crippen LogP contribution is 2.18. The second kappa shape index (κ2) is 5.02. The zero-order valence-corrected chi connectivity index (χ0v) is 8.25. The van der Waals surface area contributed by atoms with Gasteiger partial charge in [-0.05, 0) is 20.0 Å². The van der Waals surface area contributed by atoms with E-state index in [1.165, 1.54) is 0 Å². The first-order valence-electron chi connectivity index (χ1n) is 4.83. The number of nitrogens with one attached hydrogen (secondary N) is 1. The van der Waals surface area contributed by atoms with E-state index in [0.717, 1.165) is 26.1 Å². The van der Waals surface area contributed by atoms with Gasteiger partial charge in [0, 0.05) is 25.4 Å². The van der Waals surface area contributed by atoms with E-state index in [1.54, 1.807) is 0 Å². The summed E-state index contributed by atoms with van der Waals surface area (Å²) in [6.45, 7) is 6.44. The first-order chi connectivity index (χ1) is 6.27. The van der Waals surface area contributed by atoms with Crippen molar-refractivity contribution in [2.24, 2.45) is 5.92 Å². The molecule has 0 aromatic rings. The van der Waals surface area contributed by atoms with Crippen LogP contribution in [0.5, 0.6) is 0 Å². The fourth-order valence-electron chi connectivity index (χ4n) is 1.62. The van der Waals surface area contributed by atoms with E-state index in [2.05, 4.69) is 11.9 Å². The number of hydrogen-bond donors (Lipinski definition) is 1. The van der Waals surface area contributed by atoms with Gasteiger partial charge in [-0.1, -0.05) is 6.08 Å². The monoisotopic (exact) mass is 182 g/mol. The second-order valence-electron chi connectivity index (χ2n) is 3.50. The lowest BCUT2D eigenvalue weighted by Crippen LogP contribution is -2.28. The molecule has 3 nitrogen and oxygen atoms in total. The highest BCUT2D eigenvalue weighted by Gasteiger charge is 2.26. The van der Waals surface area contributed by atoms with Crippen LogP contribution in [0, 0.1) is 5.92 Å². The van der Waals surface area contributed by atoms with E-state index in [-0.39, 0.29) is 5.91 Å². The summed E-state index contributed by atoms with van der Waals surface area (Å²) in [6.07, 6.45) is 3.57. The molecule has 1 rings (SSSR count). The van der Waals surface area contributed by atoms with Crippen molar-refractivity contribution >= 4 is 5.91 Å². The van der Waals surface area contributed by atoms with Gasteiger partial charge in [-0.15, -0.1) is 6.58 Å². The number of carbonyl (C=O) groups excluding carboxylic acids is 1. The van der Waals surface area contributed by atoms with Gasteiger partial charge in [0.25, 0.3) is 0 Å². The van der Waals surface area contributed by atoms with Gasteiger partial charge in [0.1, 0.15) is 0 Å². The van der Waals surface area contributed by atoms with Crippen molar-refractivity contribution in [3.8, 4) is 0 Å². The average Bonchev–Trinajstić information content (AvgIpc) is 2.48. The van der Waals surface area contributed by atoms with Gasteiger partial charge in [-0.2, -0.15) is 0 Å². The number of amides is 1. The Kier molecular flexibility index (Phi) is 3.96. The zero-order valence-electron chi connectivity index (χ0n) is 8.25. The average molecular weight is 182 g/mol. The number of carbonyl (C=O) groups is 1. The molecule has 0 aromatic carbocycles. The summed E-state index contributed by atoms with van der Waals surface area (Å²) in [6, 6.07) is 0. The third-order valence-corrected chi connectivity index (χ3v) is 2.43. The number of hydrogen-bond acceptors (Lipinski definition) is 2. The molecule has 1 aliphatic heterocycles. The molecule has 1 atom stereocenters. The first kappa shape index (κ1) is 10.3. The van der Waals surface area contributed by atoms with Crippen LogP contribution in [0.15, 0.2) is 12.7 Å². The molecule has 0 spiro atoms. The van der Waals surface area contributed by atoms with Crippen molar-refractivity contribution in [1.82, 2.24) is 10.2 Å². The van der Waals surface area contributed by atoms with E-state index < -0.39 is 0 Å². The van der Waals surface area contributed by atoms with Gasteiger partial charge in [-0.3, -0.25) is 4.79 Å². The summed E-state index contributed by atoms with van der Waals surface area (Å²) in [5.74, 6) is 0.656. The van der Waals surface area contributed by atoms with Crippen LogP contribution in [-0.4, -0.2) is 37.5 Å². The normalized spacial score (nSPS) is 22.4. The van der Waals surface area contributed by atoms with E-state index in [9.17, 15) is 4.79 Å². The van der Waals surface area contributed by atoms with Crippen LogP contribution in [0.4, 0.5) is 0 Å². The minimum absolute atomic E-state index is 0.279. The van der Waals surface area contributed by atoms with Gasteiger partial charge >= 0.3 is 0 Å². The van der Waals surface area contributed by atoms with Crippen LogP contribution in [0.1, 0.15) is 12.8 Å². The SMILES string of the molecule is C=CC1CC(=O)N(CCCNC)C1. The standard InChI is InChI=1S/C10H18N2O/c1-3-9-7-10(13)12(8-9)6-4-5-11-2/h3,9,11H,1,4-8H2,2H3. The van der Waals surface area contributed by atoms with E-state index >= 15 is 0 Å². The van der Waals surface area contributed by atoms with Gasteiger partial charge in [0.05, 0.1) is 0 Å². The van der Waals surface area contributed by atoms with Gasteiger partial charge in [0.2, 0.25) is 5.91 Å². The van der Waals surface area contributed by atoms with E-state index in [4.69, 9.17) is 0 Å². The molecule has 0 aromatic heterocycles. The molecular weight excluding hydrogens is 164 g/mol. The highest BCUT2D eigenvalue weighted by molar-refractivity contribution is 5.78. The van der Waals surface area contributed by atoms with Gasteiger partial charge in [0.15, 0.2) is 0 Å². The Hall–Kier alpha value is -0.830. The predicted octanol–water partition coefficient (Wildman–Crippen LogP) is 0.630. The summed E-state index contributed by atoms with van der Waals surface area (Å²) >= 11 is 0. The van der Waals surface area contributed by atoms with Crippen LogP contribution < -0.4 is 5.32 Å². The van der Waals surface area contributed by atoms with Crippen molar-refractivity contribution in [3.63, 3.8) is 0 Å². The first-order valence-corrected chi connectivity index (χ1v) is 4.83. The summed E-state index contributed by atoms with van der Waals surface area (Å²) in [5, 5.41) is 3.07. The molecule has 0 bridgehead atoms. The molecule has 1 saturated heterocycles. The molecule has 0 radical (unpaired) electrons. The molecule has 1 unspecified atom stereocenters. The Morgan fingerprint density at radius 3 is 3.08 bits per heavy atom. The molecule has 1 aliphatic rings. The Morgan fingerprint density at radius 2 is 2.54 bits per heavy atom. The fourth-order valence-corrected chi connectivity index (χ4v) is 1.62. The Balaban J connectivity index is 2.26. The van der Waals surface area contributed by atoms with Crippen LogP contribution in [0.2, 0.25) is 0 Å². The minimum atomic E-state index is 0.279. The molecular formula is C10H18N2O. The van der Waals surface area contributed by atoms with Gasteiger partial charge in [-0.25, -0.2) is 0 Å². The molecule has 13 heavy (non-hydrogen) atoms. The van der Waals surface area contributed by atoms with Crippen LogP contribution >= 0.6 is 0 Å². The van der Waals surface area contributed by atoms with Crippen LogP contribution in [-0.2, 0) is 4.79 Å². The summed E-state index contributed by atoms with van der Waals surface area (Å²) in [5.41, 5.74) is 0. The Labute approximate surface area is 79.8 Å². The Bertz CT molecular complexity index is 191. The maximum Gasteiger partial charge on any atom is 0.223 e. The topological polar surface area (TPSA) is 32.3 Å². The second-order valence-corrected chi connectivity index (χ2v) is 3.50. The zero-order chi connectivity index (χ0) is 9.68. The molecule has 0 saturated carbocycles. The summed E-state index contributed by atoms with van der Waals surface area (Å²) < 4.78 is 0. The third-order valence-electron chi connectivity index (χ3n) is 2.43. The van der Waals surface area contributed by atoms with Crippen molar-refractivity contribution in [2.45, 2.75) is 12.8 Å². The molecule has 74 valence electrons. The molecule has 3 heteroatoms. The molecule has 1 heterocycles. The quantitative estimate of drug-likeness (QED) is 0.499. The Morgan fingerprint density at radius 1 is 1.77 bits per heavy atom. The van der Waals surface area contributed by atoms with Gasteiger partial charge < -0.3 is 10.2 Å².